The third-order valence-corrected chi connectivity index (χ3v) is 2.81. The number of nitriles is 1. The number of aliphatic imine (C=N–C) groups is 1. The highest BCUT2D eigenvalue weighted by molar-refractivity contribution is 5.82. The Kier molecular flexibility index (Phi) is 4.04. The highest BCUT2D eigenvalue weighted by Gasteiger charge is 2.00. The minimum Gasteiger partial charge on any atom is -0.256 e. The number of benzene rings is 2. The molecule has 0 amide bonds. The van der Waals surface area contributed by atoms with Crippen LogP contribution in [0.15, 0.2) is 47.5 Å². The van der Waals surface area contributed by atoms with Gasteiger partial charge in [0.15, 0.2) is 0 Å². The van der Waals surface area contributed by atoms with Crippen LogP contribution in [-0.2, 0) is 6.42 Å². The van der Waals surface area contributed by atoms with Crippen LogP contribution in [0.5, 0.6) is 0 Å². The lowest BCUT2D eigenvalue weighted by molar-refractivity contribution is 0.612. The van der Waals surface area contributed by atoms with Crippen LogP contribution in [0, 0.1) is 17.1 Å². The first-order valence-corrected chi connectivity index (χ1v) is 6.05. The van der Waals surface area contributed by atoms with Gasteiger partial charge in [-0.1, -0.05) is 13.0 Å². The number of nitrogens with zero attached hydrogens (tertiary/aromatic N) is 2. The molecule has 0 heterocycles. The number of hydrogen-bond donors (Lipinski definition) is 0. The average Bonchev–Trinajstić information content (AvgIpc) is 2.47. The van der Waals surface area contributed by atoms with Gasteiger partial charge in [0, 0.05) is 6.21 Å². The minimum absolute atomic E-state index is 0.182. The number of halogens is 1. The van der Waals surface area contributed by atoms with E-state index in [9.17, 15) is 4.39 Å². The van der Waals surface area contributed by atoms with Crippen molar-refractivity contribution < 1.29 is 4.39 Å². The Labute approximate surface area is 111 Å². The van der Waals surface area contributed by atoms with Crippen molar-refractivity contribution in [2.75, 3.05) is 0 Å². The molecule has 0 N–H and O–H groups in total. The van der Waals surface area contributed by atoms with E-state index in [1.165, 1.54) is 6.07 Å². The Bertz CT molecular complexity index is 637. The first-order chi connectivity index (χ1) is 9.22. The first-order valence-electron chi connectivity index (χ1n) is 6.05. The summed E-state index contributed by atoms with van der Waals surface area (Å²) in [5, 5.41) is 8.70. The van der Waals surface area contributed by atoms with Gasteiger partial charge in [0.25, 0.3) is 0 Å². The summed E-state index contributed by atoms with van der Waals surface area (Å²) in [6, 6.07) is 14.0. The summed E-state index contributed by atoms with van der Waals surface area (Å²) in [4.78, 5) is 4.30. The van der Waals surface area contributed by atoms with Crippen molar-refractivity contribution >= 4 is 11.9 Å². The van der Waals surface area contributed by atoms with Gasteiger partial charge in [-0.05, 0) is 53.9 Å². The normalized spacial score (nSPS) is 10.6. The highest BCUT2D eigenvalue weighted by Crippen LogP contribution is 2.14. The Morgan fingerprint density at radius 1 is 1.21 bits per heavy atom. The zero-order valence-electron chi connectivity index (χ0n) is 10.6. The fraction of sp³-hybridized carbons (Fsp3) is 0.125. The lowest BCUT2D eigenvalue weighted by Crippen LogP contribution is -1.90. The van der Waals surface area contributed by atoms with Crippen LogP contribution in [0.1, 0.15) is 23.6 Å². The largest absolute Gasteiger partial charge is 0.256 e. The molecule has 19 heavy (non-hydrogen) atoms. The van der Waals surface area contributed by atoms with Gasteiger partial charge in [0.05, 0.1) is 17.3 Å². The van der Waals surface area contributed by atoms with Gasteiger partial charge in [-0.2, -0.15) is 5.26 Å². The summed E-state index contributed by atoms with van der Waals surface area (Å²) < 4.78 is 13.3. The van der Waals surface area contributed by atoms with Crippen LogP contribution in [0.4, 0.5) is 10.1 Å². The van der Waals surface area contributed by atoms with Crippen molar-refractivity contribution in [2.24, 2.45) is 4.99 Å². The molecule has 0 radical (unpaired) electrons. The summed E-state index contributed by atoms with van der Waals surface area (Å²) in [7, 11) is 0. The molecule has 0 spiro atoms. The SMILES string of the molecule is CCc1cc(/C=N/c2ccc(C#N)cc2)ccc1F. The third-order valence-electron chi connectivity index (χ3n) is 2.81. The Hall–Kier alpha value is -2.47. The van der Waals surface area contributed by atoms with E-state index in [1.807, 2.05) is 6.92 Å². The monoisotopic (exact) mass is 252 g/mol. The molecule has 0 atom stereocenters. The van der Waals surface area contributed by atoms with Crippen molar-refractivity contribution in [3.8, 4) is 6.07 Å². The number of hydrogen-bond acceptors (Lipinski definition) is 2. The molecular weight excluding hydrogens is 239 g/mol. The molecule has 0 fully saturated rings. The predicted octanol–water partition coefficient (Wildman–Crippen LogP) is 4.01. The van der Waals surface area contributed by atoms with E-state index >= 15 is 0 Å². The second kappa shape index (κ2) is 5.92. The van der Waals surface area contributed by atoms with Gasteiger partial charge in [0.1, 0.15) is 5.82 Å². The fourth-order valence-electron chi connectivity index (χ4n) is 1.72. The maximum atomic E-state index is 13.3. The van der Waals surface area contributed by atoms with Gasteiger partial charge in [-0.25, -0.2) is 4.39 Å². The molecule has 0 aliphatic rings. The van der Waals surface area contributed by atoms with E-state index in [-0.39, 0.29) is 5.82 Å². The fourth-order valence-corrected chi connectivity index (χ4v) is 1.72. The lowest BCUT2D eigenvalue weighted by Gasteiger charge is -2.00. The lowest BCUT2D eigenvalue weighted by atomic mass is 10.1. The minimum atomic E-state index is -0.182. The molecule has 0 aliphatic heterocycles. The van der Waals surface area contributed by atoms with E-state index in [4.69, 9.17) is 5.26 Å². The summed E-state index contributed by atoms with van der Waals surface area (Å²) in [5.41, 5.74) is 2.92. The topological polar surface area (TPSA) is 36.1 Å². The molecular formula is C16H13FN2. The van der Waals surface area contributed by atoms with Crippen LogP contribution in [0.25, 0.3) is 0 Å². The molecule has 2 nitrogen and oxygen atoms in total. The summed E-state index contributed by atoms with van der Waals surface area (Å²) in [6.07, 6.45) is 2.35. The van der Waals surface area contributed by atoms with Crippen molar-refractivity contribution in [2.45, 2.75) is 13.3 Å². The number of rotatable bonds is 3. The molecule has 0 saturated heterocycles. The second-order valence-electron chi connectivity index (χ2n) is 4.12. The molecule has 0 unspecified atom stereocenters. The van der Waals surface area contributed by atoms with Crippen LogP contribution in [-0.4, -0.2) is 6.21 Å². The van der Waals surface area contributed by atoms with Crippen molar-refractivity contribution in [1.29, 1.82) is 5.26 Å². The summed E-state index contributed by atoms with van der Waals surface area (Å²) >= 11 is 0. The van der Waals surface area contributed by atoms with E-state index in [1.54, 1.807) is 42.6 Å². The van der Waals surface area contributed by atoms with Gasteiger partial charge >= 0.3 is 0 Å². The zero-order valence-corrected chi connectivity index (χ0v) is 10.6. The van der Waals surface area contributed by atoms with Crippen LogP contribution < -0.4 is 0 Å². The molecule has 2 rings (SSSR count). The zero-order chi connectivity index (χ0) is 13.7. The van der Waals surface area contributed by atoms with Crippen molar-refractivity contribution in [3.63, 3.8) is 0 Å². The van der Waals surface area contributed by atoms with E-state index < -0.39 is 0 Å². The van der Waals surface area contributed by atoms with Crippen molar-refractivity contribution in [3.05, 3.63) is 65.0 Å². The van der Waals surface area contributed by atoms with Gasteiger partial charge in [-0.3, -0.25) is 4.99 Å². The molecule has 2 aromatic rings. The molecule has 0 aliphatic carbocycles. The number of aryl methyl sites for hydroxylation is 1. The Morgan fingerprint density at radius 3 is 2.58 bits per heavy atom. The Balaban J connectivity index is 2.20. The van der Waals surface area contributed by atoms with E-state index in [0.717, 1.165) is 11.3 Å². The van der Waals surface area contributed by atoms with Crippen LogP contribution in [0.2, 0.25) is 0 Å². The standard InChI is InChI=1S/C16H13FN2/c1-2-14-9-13(5-8-16(14)17)11-19-15-6-3-12(10-18)4-7-15/h3-9,11H,2H2,1H3/b19-11+. The quantitative estimate of drug-likeness (QED) is 0.760. The third kappa shape index (κ3) is 3.26. The molecule has 0 bridgehead atoms. The van der Waals surface area contributed by atoms with Gasteiger partial charge < -0.3 is 0 Å². The Morgan fingerprint density at radius 2 is 1.95 bits per heavy atom. The predicted molar refractivity (Wildman–Crippen MR) is 74.2 cm³/mol. The van der Waals surface area contributed by atoms with E-state index in [2.05, 4.69) is 11.1 Å². The smallest absolute Gasteiger partial charge is 0.126 e. The van der Waals surface area contributed by atoms with Gasteiger partial charge in [-0.15, -0.1) is 0 Å². The maximum absolute atomic E-state index is 13.3. The molecule has 0 saturated carbocycles. The van der Waals surface area contributed by atoms with Crippen LogP contribution in [0.3, 0.4) is 0 Å². The van der Waals surface area contributed by atoms with Crippen LogP contribution >= 0.6 is 0 Å². The molecule has 2 aromatic carbocycles. The molecule has 0 aromatic heterocycles. The first kappa shape index (κ1) is 13.0. The highest BCUT2D eigenvalue weighted by atomic mass is 19.1. The summed E-state index contributed by atoms with van der Waals surface area (Å²) in [6.45, 7) is 1.92. The maximum Gasteiger partial charge on any atom is 0.126 e. The molecule has 3 heteroatoms. The average molecular weight is 252 g/mol. The second-order valence-corrected chi connectivity index (χ2v) is 4.12. The van der Waals surface area contributed by atoms with Gasteiger partial charge in [0.2, 0.25) is 0 Å². The van der Waals surface area contributed by atoms with Crippen molar-refractivity contribution in [1.82, 2.24) is 0 Å². The molecule has 94 valence electrons. The van der Waals surface area contributed by atoms with E-state index in [0.29, 0.717) is 17.5 Å². The summed E-state index contributed by atoms with van der Waals surface area (Å²) in [5.74, 6) is -0.182.